The number of halogens is 1. The zero-order chi connectivity index (χ0) is 18.4. The summed E-state index contributed by atoms with van der Waals surface area (Å²) in [5.41, 5.74) is 10.8. The monoisotopic (exact) mass is 369 g/mol. The summed E-state index contributed by atoms with van der Waals surface area (Å²) in [4.78, 5) is 25.5. The van der Waals surface area contributed by atoms with E-state index in [9.17, 15) is 9.70 Å². The van der Waals surface area contributed by atoms with E-state index in [0.29, 0.717) is 16.6 Å². The molecule has 26 heavy (non-hydrogen) atoms. The van der Waals surface area contributed by atoms with E-state index in [1.54, 1.807) is 6.07 Å². The van der Waals surface area contributed by atoms with Gasteiger partial charge in [0.2, 0.25) is 5.91 Å². The number of carbonyl (C=O) groups excluding carboxylic acids is 1. The van der Waals surface area contributed by atoms with Crippen molar-refractivity contribution in [3.05, 3.63) is 68.1 Å². The molecule has 6 heteroatoms. The van der Waals surface area contributed by atoms with Crippen molar-refractivity contribution in [2.24, 2.45) is 10.9 Å². The normalized spacial score (nSPS) is 21.9. The fraction of sp³-hybridized carbons (Fsp3) is 0.350. The Morgan fingerprint density at radius 1 is 1.27 bits per heavy atom. The molecular formula is C20H20ClN3O2. The summed E-state index contributed by atoms with van der Waals surface area (Å²) in [6.45, 7) is 0.920. The van der Waals surface area contributed by atoms with Gasteiger partial charge in [0.1, 0.15) is 5.69 Å². The summed E-state index contributed by atoms with van der Waals surface area (Å²) < 4.78 is 0. The van der Waals surface area contributed by atoms with E-state index in [1.807, 2.05) is 18.2 Å². The molecule has 4 rings (SSSR count). The number of hydrogen-bond acceptors (Lipinski definition) is 4. The van der Waals surface area contributed by atoms with Gasteiger partial charge in [-0.3, -0.25) is 4.79 Å². The first kappa shape index (κ1) is 17.2. The second-order valence-corrected chi connectivity index (χ2v) is 7.55. The number of likely N-dealkylation sites (N-methyl/N-ethyl adjacent to an activating group) is 1. The Balaban J connectivity index is 1.97. The van der Waals surface area contributed by atoms with Crippen molar-refractivity contribution in [2.45, 2.75) is 31.2 Å². The molecule has 2 aromatic carbocycles. The van der Waals surface area contributed by atoms with Crippen molar-refractivity contribution in [3.63, 3.8) is 0 Å². The standard InChI is InChI=1S/C20H20ClN3O2/c1-24-8-7-11-9-16(21)17(23-26)10-15(11)19-13-3-2-4-14(20(22)25)12(13)5-6-18(19)24/h2-4,9-10,18-19H,5-8H2,1H3,(H2,22,25). The van der Waals surface area contributed by atoms with Crippen LogP contribution in [0.25, 0.3) is 0 Å². The van der Waals surface area contributed by atoms with E-state index in [1.165, 1.54) is 0 Å². The molecule has 2 aliphatic rings. The van der Waals surface area contributed by atoms with Crippen LogP contribution in [0.5, 0.6) is 0 Å². The lowest BCUT2D eigenvalue weighted by Crippen LogP contribution is -2.40. The fourth-order valence-corrected chi connectivity index (χ4v) is 4.80. The quantitative estimate of drug-likeness (QED) is 0.818. The minimum atomic E-state index is -0.395. The zero-order valence-electron chi connectivity index (χ0n) is 14.5. The third-order valence-corrected chi connectivity index (χ3v) is 6.13. The van der Waals surface area contributed by atoms with Gasteiger partial charge in [-0.15, -0.1) is 4.91 Å². The van der Waals surface area contributed by atoms with Crippen LogP contribution in [-0.4, -0.2) is 30.4 Å². The van der Waals surface area contributed by atoms with E-state index in [4.69, 9.17) is 17.3 Å². The average molecular weight is 370 g/mol. The second-order valence-electron chi connectivity index (χ2n) is 7.15. The largest absolute Gasteiger partial charge is 0.366 e. The first-order valence-corrected chi connectivity index (χ1v) is 9.16. The molecule has 0 bridgehead atoms. The molecular weight excluding hydrogens is 350 g/mol. The van der Waals surface area contributed by atoms with E-state index >= 15 is 0 Å². The maximum atomic E-state index is 11.9. The smallest absolute Gasteiger partial charge is 0.248 e. The topological polar surface area (TPSA) is 75.8 Å². The van der Waals surface area contributed by atoms with Gasteiger partial charge in [0.15, 0.2) is 0 Å². The molecule has 0 fully saturated rings. The van der Waals surface area contributed by atoms with Crippen LogP contribution in [0.1, 0.15) is 45.0 Å². The molecule has 0 radical (unpaired) electrons. The second kappa shape index (κ2) is 6.49. The Hall–Kier alpha value is -2.24. The van der Waals surface area contributed by atoms with E-state index in [0.717, 1.165) is 48.1 Å². The predicted octanol–water partition coefficient (Wildman–Crippen LogP) is 3.77. The Kier molecular flexibility index (Phi) is 4.29. The van der Waals surface area contributed by atoms with Gasteiger partial charge in [0.05, 0.1) is 5.02 Å². The molecule has 2 unspecified atom stereocenters. The number of carbonyl (C=O) groups is 1. The third-order valence-electron chi connectivity index (χ3n) is 5.83. The highest BCUT2D eigenvalue weighted by Crippen LogP contribution is 2.45. The maximum Gasteiger partial charge on any atom is 0.248 e. The number of hydrogen-bond donors (Lipinski definition) is 1. The molecule has 1 amide bonds. The van der Waals surface area contributed by atoms with Crippen LogP contribution < -0.4 is 5.73 Å². The molecule has 0 saturated heterocycles. The molecule has 0 spiro atoms. The van der Waals surface area contributed by atoms with Gasteiger partial charge in [-0.25, -0.2) is 0 Å². The highest BCUT2D eigenvalue weighted by molar-refractivity contribution is 6.33. The Labute approximate surface area is 157 Å². The fourth-order valence-electron chi connectivity index (χ4n) is 4.58. The molecule has 1 heterocycles. The molecule has 2 N–H and O–H groups in total. The SMILES string of the molecule is CN1CCc2cc(Cl)c(N=O)cc2C2c3cccc(C(N)=O)c3CCC21. The first-order chi connectivity index (χ1) is 12.5. The van der Waals surface area contributed by atoms with Gasteiger partial charge in [-0.05, 0) is 71.9 Å². The summed E-state index contributed by atoms with van der Waals surface area (Å²) in [5.74, 6) is -0.327. The van der Waals surface area contributed by atoms with Crippen LogP contribution in [0.15, 0.2) is 35.5 Å². The number of nitrogens with zero attached hydrogens (tertiary/aromatic N) is 2. The lowest BCUT2D eigenvalue weighted by molar-refractivity contribution is 0.0998. The van der Waals surface area contributed by atoms with Crippen molar-refractivity contribution in [1.29, 1.82) is 0 Å². The summed E-state index contributed by atoms with van der Waals surface area (Å²) in [5, 5.41) is 3.49. The minimum Gasteiger partial charge on any atom is -0.366 e. The van der Waals surface area contributed by atoms with Crippen molar-refractivity contribution in [1.82, 2.24) is 4.90 Å². The Morgan fingerprint density at radius 2 is 2.08 bits per heavy atom. The third kappa shape index (κ3) is 2.63. The minimum absolute atomic E-state index is 0.0679. The van der Waals surface area contributed by atoms with Crippen LogP contribution >= 0.6 is 11.6 Å². The van der Waals surface area contributed by atoms with Gasteiger partial charge in [-0.1, -0.05) is 23.7 Å². The first-order valence-electron chi connectivity index (χ1n) is 8.78. The molecule has 1 aliphatic carbocycles. The van der Waals surface area contributed by atoms with Gasteiger partial charge in [0.25, 0.3) is 0 Å². The summed E-state index contributed by atoms with van der Waals surface area (Å²) >= 11 is 6.22. The van der Waals surface area contributed by atoms with Crippen molar-refractivity contribution in [2.75, 3.05) is 13.6 Å². The van der Waals surface area contributed by atoms with Crippen LogP contribution in [-0.2, 0) is 12.8 Å². The summed E-state index contributed by atoms with van der Waals surface area (Å²) in [7, 11) is 2.13. The molecule has 0 aromatic heterocycles. The van der Waals surface area contributed by atoms with E-state index in [-0.39, 0.29) is 11.6 Å². The number of fused-ring (bicyclic) bond motifs is 5. The maximum absolute atomic E-state index is 11.9. The van der Waals surface area contributed by atoms with Gasteiger partial charge < -0.3 is 10.6 Å². The molecule has 5 nitrogen and oxygen atoms in total. The van der Waals surface area contributed by atoms with Crippen LogP contribution in [0.4, 0.5) is 5.69 Å². The van der Waals surface area contributed by atoms with Crippen molar-refractivity contribution < 1.29 is 4.79 Å². The van der Waals surface area contributed by atoms with Gasteiger partial charge >= 0.3 is 0 Å². The molecule has 1 aliphatic heterocycles. The highest BCUT2D eigenvalue weighted by atomic mass is 35.5. The van der Waals surface area contributed by atoms with E-state index in [2.05, 4.69) is 23.2 Å². The van der Waals surface area contributed by atoms with Gasteiger partial charge in [0, 0.05) is 24.1 Å². The van der Waals surface area contributed by atoms with Crippen LogP contribution in [0, 0.1) is 4.91 Å². The molecule has 134 valence electrons. The van der Waals surface area contributed by atoms with Gasteiger partial charge in [-0.2, -0.15) is 0 Å². The zero-order valence-corrected chi connectivity index (χ0v) is 15.3. The predicted molar refractivity (Wildman–Crippen MR) is 102 cm³/mol. The Morgan fingerprint density at radius 3 is 2.81 bits per heavy atom. The number of benzene rings is 2. The number of rotatable bonds is 2. The lowest BCUT2D eigenvalue weighted by Gasteiger charge is -2.38. The summed E-state index contributed by atoms with van der Waals surface area (Å²) in [6.07, 6.45) is 2.62. The Bertz CT molecular complexity index is 912. The van der Waals surface area contributed by atoms with Crippen LogP contribution in [0.3, 0.4) is 0 Å². The molecule has 0 saturated carbocycles. The summed E-state index contributed by atoms with van der Waals surface area (Å²) in [6, 6.07) is 9.75. The lowest BCUT2D eigenvalue weighted by atomic mass is 9.73. The number of primary amides is 1. The highest BCUT2D eigenvalue weighted by Gasteiger charge is 2.38. The number of nitrogens with two attached hydrogens (primary N) is 1. The van der Waals surface area contributed by atoms with E-state index < -0.39 is 5.91 Å². The van der Waals surface area contributed by atoms with Crippen molar-refractivity contribution in [3.8, 4) is 0 Å². The number of nitroso groups, excluding NO2 is 1. The van der Waals surface area contributed by atoms with Crippen LogP contribution in [0.2, 0.25) is 5.02 Å². The molecule has 2 atom stereocenters. The van der Waals surface area contributed by atoms with Crippen molar-refractivity contribution >= 4 is 23.2 Å². The molecule has 2 aromatic rings. The number of amides is 1. The average Bonchev–Trinajstić information content (AvgIpc) is 2.77.